The van der Waals surface area contributed by atoms with Crippen molar-refractivity contribution in [2.24, 2.45) is 0 Å². The first-order valence-corrected chi connectivity index (χ1v) is 8.71. The zero-order valence-corrected chi connectivity index (χ0v) is 13.6. The van der Waals surface area contributed by atoms with E-state index in [9.17, 15) is 0 Å². The van der Waals surface area contributed by atoms with Crippen LogP contribution in [-0.2, 0) is 4.74 Å². The molecule has 1 saturated heterocycles. The van der Waals surface area contributed by atoms with Crippen LogP contribution in [-0.4, -0.2) is 22.7 Å². The molecule has 2 rings (SSSR count). The van der Waals surface area contributed by atoms with E-state index in [-0.39, 0.29) is 0 Å². The summed E-state index contributed by atoms with van der Waals surface area (Å²) in [7, 11) is 3.86. The van der Waals surface area contributed by atoms with Crippen molar-refractivity contribution < 1.29 is 4.74 Å². The summed E-state index contributed by atoms with van der Waals surface area (Å²) in [5, 5.41) is 0. The van der Waals surface area contributed by atoms with E-state index >= 15 is 0 Å². The van der Waals surface area contributed by atoms with Gasteiger partial charge in [0, 0.05) is 10.5 Å². The summed E-state index contributed by atoms with van der Waals surface area (Å²) in [5.74, 6) is 1.13. The van der Waals surface area contributed by atoms with Gasteiger partial charge in [0.25, 0.3) is 0 Å². The van der Waals surface area contributed by atoms with Crippen LogP contribution < -0.4 is 0 Å². The zero-order valence-electron chi connectivity index (χ0n) is 12.0. The second-order valence-electron chi connectivity index (χ2n) is 5.30. The molecule has 0 N–H and O–H groups in total. The van der Waals surface area contributed by atoms with Crippen LogP contribution in [0.15, 0.2) is 30.3 Å². The number of benzene rings is 1. The highest BCUT2D eigenvalue weighted by atomic mass is 33.1. The maximum Gasteiger partial charge on any atom is 0.0826 e. The van der Waals surface area contributed by atoms with Crippen LogP contribution in [0.25, 0.3) is 0 Å². The SMILES string of the molecule is CC(C)OC1CSSC1(C)C.Cc1ccccc1. The van der Waals surface area contributed by atoms with E-state index in [1.165, 1.54) is 5.56 Å². The van der Waals surface area contributed by atoms with Crippen molar-refractivity contribution in [3.63, 3.8) is 0 Å². The Hall–Kier alpha value is -0.120. The lowest BCUT2D eigenvalue weighted by molar-refractivity contribution is 0.00749. The summed E-state index contributed by atoms with van der Waals surface area (Å²) < 4.78 is 6.09. The van der Waals surface area contributed by atoms with Gasteiger partial charge >= 0.3 is 0 Å². The van der Waals surface area contributed by atoms with Gasteiger partial charge in [-0.15, -0.1) is 0 Å². The van der Waals surface area contributed by atoms with E-state index in [2.05, 4.69) is 46.8 Å². The number of aryl methyl sites for hydroxylation is 1. The Labute approximate surface area is 119 Å². The van der Waals surface area contributed by atoms with E-state index in [1.807, 2.05) is 39.8 Å². The lowest BCUT2D eigenvalue weighted by Crippen LogP contribution is -2.34. The molecular formula is C15H24OS2. The van der Waals surface area contributed by atoms with Crippen molar-refractivity contribution in [3.8, 4) is 0 Å². The van der Waals surface area contributed by atoms with E-state index in [0.29, 0.717) is 17.0 Å². The van der Waals surface area contributed by atoms with E-state index in [4.69, 9.17) is 4.74 Å². The summed E-state index contributed by atoms with van der Waals surface area (Å²) in [5.41, 5.74) is 1.32. The van der Waals surface area contributed by atoms with E-state index in [0.717, 1.165) is 5.75 Å². The quantitative estimate of drug-likeness (QED) is 0.711. The maximum absolute atomic E-state index is 5.78. The van der Waals surface area contributed by atoms with Crippen LogP contribution in [0.3, 0.4) is 0 Å². The molecule has 0 spiro atoms. The lowest BCUT2D eigenvalue weighted by atomic mass is 10.1. The maximum atomic E-state index is 5.78. The number of hydrogen-bond acceptors (Lipinski definition) is 3. The summed E-state index contributed by atoms with van der Waals surface area (Å²) in [6.07, 6.45) is 0.788. The third-order valence-corrected chi connectivity index (χ3v) is 5.95. The molecule has 1 aliphatic heterocycles. The lowest BCUT2D eigenvalue weighted by Gasteiger charge is -2.26. The topological polar surface area (TPSA) is 9.23 Å². The highest BCUT2D eigenvalue weighted by molar-refractivity contribution is 8.77. The van der Waals surface area contributed by atoms with Crippen LogP contribution in [0.5, 0.6) is 0 Å². The van der Waals surface area contributed by atoms with Crippen molar-refractivity contribution in [1.29, 1.82) is 0 Å². The predicted octanol–water partition coefficient (Wildman–Crippen LogP) is 4.95. The molecule has 1 aromatic rings. The largest absolute Gasteiger partial charge is 0.373 e. The Morgan fingerprint density at radius 1 is 1.22 bits per heavy atom. The Morgan fingerprint density at radius 3 is 2.17 bits per heavy atom. The molecule has 18 heavy (non-hydrogen) atoms. The minimum atomic E-state index is 0.301. The average molecular weight is 284 g/mol. The monoisotopic (exact) mass is 284 g/mol. The fourth-order valence-corrected chi connectivity index (χ4v) is 4.72. The third kappa shape index (κ3) is 5.68. The Kier molecular flexibility index (Phi) is 6.61. The molecule has 0 amide bonds. The summed E-state index contributed by atoms with van der Waals surface area (Å²) >= 11 is 0. The predicted molar refractivity (Wildman–Crippen MR) is 85.3 cm³/mol. The minimum absolute atomic E-state index is 0.301. The van der Waals surface area contributed by atoms with Crippen molar-refractivity contribution >= 4 is 21.6 Å². The number of hydrogen-bond donors (Lipinski definition) is 0. The van der Waals surface area contributed by atoms with Crippen molar-refractivity contribution in [2.75, 3.05) is 5.75 Å². The van der Waals surface area contributed by atoms with Crippen molar-refractivity contribution in [2.45, 2.75) is 51.6 Å². The molecule has 1 nitrogen and oxygen atoms in total. The molecule has 102 valence electrons. The summed E-state index contributed by atoms with van der Waals surface area (Å²) in [4.78, 5) is 0. The third-order valence-electron chi connectivity index (χ3n) is 2.65. The second kappa shape index (κ2) is 7.46. The van der Waals surface area contributed by atoms with E-state index in [1.54, 1.807) is 0 Å². The van der Waals surface area contributed by atoms with Gasteiger partial charge in [-0.2, -0.15) is 0 Å². The van der Waals surface area contributed by atoms with Gasteiger partial charge in [-0.1, -0.05) is 57.5 Å². The molecule has 0 saturated carbocycles. The Bertz CT molecular complexity index is 336. The molecule has 1 aromatic carbocycles. The molecule has 0 aromatic heterocycles. The smallest absolute Gasteiger partial charge is 0.0826 e. The number of ether oxygens (including phenoxy) is 1. The van der Waals surface area contributed by atoms with Gasteiger partial charge in [-0.05, 0) is 34.6 Å². The molecule has 1 atom stereocenters. The number of rotatable bonds is 2. The molecule has 0 aliphatic carbocycles. The normalized spacial score (nSPS) is 21.6. The van der Waals surface area contributed by atoms with E-state index < -0.39 is 0 Å². The summed E-state index contributed by atoms with van der Waals surface area (Å²) in [6.45, 7) is 10.8. The van der Waals surface area contributed by atoms with Crippen LogP contribution >= 0.6 is 21.6 Å². The van der Waals surface area contributed by atoms with Gasteiger partial charge in [0.15, 0.2) is 0 Å². The van der Waals surface area contributed by atoms with Gasteiger partial charge in [-0.3, -0.25) is 0 Å². The van der Waals surface area contributed by atoms with Gasteiger partial charge < -0.3 is 4.74 Å². The highest BCUT2D eigenvalue weighted by Crippen LogP contribution is 2.47. The Balaban J connectivity index is 0.000000199. The fourth-order valence-electron chi connectivity index (χ4n) is 1.57. The fraction of sp³-hybridized carbons (Fsp3) is 0.600. The van der Waals surface area contributed by atoms with Crippen molar-refractivity contribution in [3.05, 3.63) is 35.9 Å². The van der Waals surface area contributed by atoms with Crippen LogP contribution in [0.1, 0.15) is 33.3 Å². The molecule has 0 radical (unpaired) electrons. The van der Waals surface area contributed by atoms with Gasteiger partial charge in [0.1, 0.15) is 0 Å². The molecular weight excluding hydrogens is 260 g/mol. The Morgan fingerprint density at radius 2 is 1.83 bits per heavy atom. The standard InChI is InChI=1S/C8H16OS2.C7H8/c1-6(2)9-7-5-10-11-8(7,3)4;1-7-5-3-2-4-6-7/h6-7H,5H2,1-4H3;2-6H,1H3. The first-order chi connectivity index (χ1) is 8.42. The second-order valence-corrected chi connectivity index (χ2v) is 8.29. The molecule has 1 fully saturated rings. The van der Waals surface area contributed by atoms with Gasteiger partial charge in [0.2, 0.25) is 0 Å². The molecule has 3 heteroatoms. The highest BCUT2D eigenvalue weighted by Gasteiger charge is 2.37. The van der Waals surface area contributed by atoms with Crippen LogP contribution in [0.4, 0.5) is 0 Å². The first kappa shape index (κ1) is 15.9. The molecule has 1 heterocycles. The average Bonchev–Trinajstić information content (AvgIpc) is 2.59. The zero-order chi connectivity index (χ0) is 13.6. The molecule has 1 aliphatic rings. The summed E-state index contributed by atoms with van der Waals surface area (Å²) in [6, 6.07) is 10.3. The van der Waals surface area contributed by atoms with Crippen LogP contribution in [0, 0.1) is 6.92 Å². The van der Waals surface area contributed by atoms with Crippen LogP contribution in [0.2, 0.25) is 0 Å². The first-order valence-electron chi connectivity index (χ1n) is 6.39. The van der Waals surface area contributed by atoms with Gasteiger partial charge in [0.05, 0.1) is 12.2 Å². The minimum Gasteiger partial charge on any atom is -0.373 e. The molecule has 1 unspecified atom stereocenters. The van der Waals surface area contributed by atoms with Crippen molar-refractivity contribution in [1.82, 2.24) is 0 Å². The van der Waals surface area contributed by atoms with Gasteiger partial charge in [-0.25, -0.2) is 0 Å². The molecule has 0 bridgehead atoms.